The van der Waals surface area contributed by atoms with Crippen molar-refractivity contribution in [3.63, 3.8) is 0 Å². The Morgan fingerprint density at radius 1 is 0.929 bits per heavy atom. The minimum atomic E-state index is -0.0770. The largest absolute Gasteiger partial charge is 0.491 e. The molecule has 0 spiro atoms. The summed E-state index contributed by atoms with van der Waals surface area (Å²) in [6.07, 6.45) is 0. The average molecular weight is 392 g/mol. The molecule has 0 heterocycles. The van der Waals surface area contributed by atoms with Crippen LogP contribution in [0.1, 0.15) is 27.0 Å². The number of benzene rings is 3. The average Bonchev–Trinajstić information content (AvgIpc) is 2.73. The van der Waals surface area contributed by atoms with Crippen LogP contribution in [0.3, 0.4) is 0 Å². The number of aryl methyl sites for hydroxylation is 1. The van der Waals surface area contributed by atoms with Gasteiger partial charge >= 0.3 is 0 Å². The van der Waals surface area contributed by atoms with Crippen molar-refractivity contribution in [2.45, 2.75) is 24.5 Å². The molecule has 0 radical (unpaired) electrons. The van der Waals surface area contributed by atoms with Gasteiger partial charge in [0.1, 0.15) is 12.4 Å². The van der Waals surface area contributed by atoms with Crippen molar-refractivity contribution in [2.24, 2.45) is 0 Å². The van der Waals surface area contributed by atoms with Crippen LogP contribution in [0.25, 0.3) is 0 Å². The Morgan fingerprint density at radius 2 is 1.68 bits per heavy atom. The van der Waals surface area contributed by atoms with Crippen molar-refractivity contribution in [3.05, 3.63) is 95.1 Å². The smallest absolute Gasteiger partial charge is 0.251 e. The topological polar surface area (TPSA) is 38.3 Å². The maximum Gasteiger partial charge on any atom is 0.251 e. The molecule has 4 heteroatoms. The molecule has 0 bridgehead atoms. The maximum absolute atomic E-state index is 12.3. The molecular weight excluding hydrogens is 366 g/mol. The molecule has 0 saturated heterocycles. The lowest BCUT2D eigenvalue weighted by Gasteiger charge is -2.11. The quantitative estimate of drug-likeness (QED) is 0.412. The molecule has 0 fully saturated rings. The summed E-state index contributed by atoms with van der Waals surface area (Å²) < 4.78 is 5.78. The molecule has 0 aliphatic carbocycles. The first kappa shape index (κ1) is 20.0. The van der Waals surface area contributed by atoms with Gasteiger partial charge in [-0.1, -0.05) is 42.5 Å². The Morgan fingerprint density at radius 3 is 2.43 bits per heavy atom. The van der Waals surface area contributed by atoms with E-state index in [9.17, 15) is 4.79 Å². The number of ether oxygens (including phenoxy) is 1. The summed E-state index contributed by atoms with van der Waals surface area (Å²) in [5.41, 5.74) is 4.20. The first-order valence-corrected chi connectivity index (χ1v) is 10.4. The molecule has 3 rings (SSSR count). The summed E-state index contributed by atoms with van der Waals surface area (Å²) in [7, 11) is 0. The number of carbonyl (C=O) groups is 1. The highest BCUT2D eigenvalue weighted by Crippen LogP contribution is 2.22. The first-order valence-electron chi connectivity index (χ1n) is 9.37. The van der Waals surface area contributed by atoms with Gasteiger partial charge in [0.25, 0.3) is 5.91 Å². The monoisotopic (exact) mass is 391 g/mol. The van der Waals surface area contributed by atoms with E-state index in [0.29, 0.717) is 18.7 Å². The third-order valence-electron chi connectivity index (χ3n) is 4.56. The van der Waals surface area contributed by atoms with Gasteiger partial charge in [-0.15, -0.1) is 11.8 Å². The van der Waals surface area contributed by atoms with Crippen molar-refractivity contribution in [2.75, 3.05) is 13.2 Å². The van der Waals surface area contributed by atoms with Gasteiger partial charge in [0.15, 0.2) is 0 Å². The van der Waals surface area contributed by atoms with Crippen molar-refractivity contribution in [1.82, 2.24) is 5.32 Å². The third-order valence-corrected chi connectivity index (χ3v) is 5.65. The minimum Gasteiger partial charge on any atom is -0.491 e. The van der Waals surface area contributed by atoms with Crippen LogP contribution in [0, 0.1) is 13.8 Å². The number of thioether (sulfide) groups is 1. The fourth-order valence-electron chi connectivity index (χ4n) is 2.74. The summed E-state index contributed by atoms with van der Waals surface area (Å²) in [6, 6.07) is 24.1. The molecule has 3 aromatic rings. The van der Waals surface area contributed by atoms with Gasteiger partial charge in [0.2, 0.25) is 0 Å². The van der Waals surface area contributed by atoms with Gasteiger partial charge in [-0.05, 0) is 60.9 Å². The Labute approximate surface area is 171 Å². The fourth-order valence-corrected chi connectivity index (χ4v) is 3.62. The van der Waals surface area contributed by atoms with E-state index in [1.165, 1.54) is 16.0 Å². The van der Waals surface area contributed by atoms with Crippen LogP contribution in [0.15, 0.2) is 77.7 Å². The van der Waals surface area contributed by atoms with Crippen molar-refractivity contribution < 1.29 is 9.53 Å². The number of nitrogens with one attached hydrogen (secondary N) is 1. The van der Waals surface area contributed by atoms with E-state index < -0.39 is 0 Å². The zero-order valence-corrected chi connectivity index (χ0v) is 17.1. The summed E-state index contributed by atoms with van der Waals surface area (Å²) in [6.45, 7) is 5.02. The van der Waals surface area contributed by atoms with Crippen LogP contribution in [0.5, 0.6) is 5.75 Å². The lowest BCUT2D eigenvalue weighted by atomic mass is 10.1. The van der Waals surface area contributed by atoms with E-state index in [1.807, 2.05) is 61.5 Å². The predicted molar refractivity (Wildman–Crippen MR) is 116 cm³/mol. The van der Waals surface area contributed by atoms with Crippen molar-refractivity contribution in [3.8, 4) is 5.75 Å². The van der Waals surface area contributed by atoms with Crippen LogP contribution in [0.2, 0.25) is 0 Å². The Bertz CT molecular complexity index is 908. The zero-order valence-electron chi connectivity index (χ0n) is 16.3. The molecule has 1 amide bonds. The molecule has 0 aliphatic heterocycles. The summed E-state index contributed by atoms with van der Waals surface area (Å²) in [5, 5.41) is 2.91. The van der Waals surface area contributed by atoms with Gasteiger partial charge < -0.3 is 10.1 Å². The number of amides is 1. The first-order chi connectivity index (χ1) is 13.6. The zero-order chi connectivity index (χ0) is 19.8. The molecule has 0 aromatic heterocycles. The molecule has 0 unspecified atom stereocenters. The van der Waals surface area contributed by atoms with E-state index in [-0.39, 0.29) is 5.91 Å². The molecule has 3 nitrogen and oxygen atoms in total. The van der Waals surface area contributed by atoms with Crippen LogP contribution in [-0.4, -0.2) is 19.1 Å². The van der Waals surface area contributed by atoms with Crippen molar-refractivity contribution in [1.29, 1.82) is 0 Å². The van der Waals surface area contributed by atoms with Gasteiger partial charge in [0.05, 0.1) is 6.54 Å². The van der Waals surface area contributed by atoms with E-state index in [0.717, 1.165) is 17.1 Å². The molecule has 0 aliphatic rings. The maximum atomic E-state index is 12.3. The second-order valence-electron chi connectivity index (χ2n) is 6.60. The highest BCUT2D eigenvalue weighted by Gasteiger charge is 2.06. The lowest BCUT2D eigenvalue weighted by molar-refractivity contribution is 0.0947. The van der Waals surface area contributed by atoms with E-state index >= 15 is 0 Å². The Kier molecular flexibility index (Phi) is 7.15. The molecular formula is C24H25NO2S. The van der Waals surface area contributed by atoms with Crippen molar-refractivity contribution >= 4 is 17.7 Å². The van der Waals surface area contributed by atoms with Crippen LogP contribution >= 0.6 is 11.8 Å². The number of hydrogen-bond acceptors (Lipinski definition) is 3. The summed E-state index contributed by atoms with van der Waals surface area (Å²) in [4.78, 5) is 13.5. The number of hydrogen-bond donors (Lipinski definition) is 1. The Balaban J connectivity index is 1.43. The van der Waals surface area contributed by atoms with Gasteiger partial charge in [-0.3, -0.25) is 4.79 Å². The highest BCUT2D eigenvalue weighted by molar-refractivity contribution is 7.98. The summed E-state index contributed by atoms with van der Waals surface area (Å²) in [5.74, 6) is 1.68. The van der Waals surface area contributed by atoms with Gasteiger partial charge in [0, 0.05) is 16.2 Å². The molecule has 144 valence electrons. The lowest BCUT2D eigenvalue weighted by Crippen LogP contribution is -2.28. The molecule has 0 saturated carbocycles. The van der Waals surface area contributed by atoms with Crippen LogP contribution in [-0.2, 0) is 5.75 Å². The van der Waals surface area contributed by atoms with E-state index in [1.54, 1.807) is 11.8 Å². The molecule has 0 atom stereocenters. The normalized spacial score (nSPS) is 10.5. The highest BCUT2D eigenvalue weighted by atomic mass is 32.2. The standard InChI is InChI=1S/C24H25NO2S/c1-18-7-6-10-23(19(18)2)27-16-15-25-24(26)21-13-11-20(12-14-21)17-28-22-8-4-3-5-9-22/h3-14H,15-17H2,1-2H3,(H,25,26). The van der Waals surface area contributed by atoms with E-state index in [4.69, 9.17) is 4.74 Å². The second kappa shape index (κ2) is 10.00. The number of rotatable bonds is 8. The van der Waals surface area contributed by atoms with Crippen LogP contribution in [0.4, 0.5) is 0 Å². The molecule has 3 aromatic carbocycles. The second-order valence-corrected chi connectivity index (χ2v) is 7.65. The van der Waals surface area contributed by atoms with Gasteiger partial charge in [-0.25, -0.2) is 0 Å². The Hall–Kier alpha value is -2.72. The minimum absolute atomic E-state index is 0.0770. The summed E-state index contributed by atoms with van der Waals surface area (Å²) >= 11 is 1.79. The SMILES string of the molecule is Cc1cccc(OCCNC(=O)c2ccc(CSc3ccccc3)cc2)c1C. The molecule has 1 N–H and O–H groups in total. The third kappa shape index (κ3) is 5.64. The van der Waals surface area contributed by atoms with E-state index in [2.05, 4.69) is 30.4 Å². The van der Waals surface area contributed by atoms with Gasteiger partial charge in [-0.2, -0.15) is 0 Å². The fraction of sp³-hybridized carbons (Fsp3) is 0.208. The predicted octanol–water partition coefficient (Wildman–Crippen LogP) is 5.40. The number of carbonyl (C=O) groups excluding carboxylic acids is 1. The van der Waals surface area contributed by atoms with Crippen LogP contribution < -0.4 is 10.1 Å². The molecule has 28 heavy (non-hydrogen) atoms.